The van der Waals surface area contributed by atoms with Crippen LogP contribution in [-0.4, -0.2) is 11.2 Å². The second-order valence-corrected chi connectivity index (χ2v) is 5.00. The minimum absolute atomic E-state index is 0.220. The molecule has 84 valence electrons. The molecule has 0 aliphatic heterocycles. The van der Waals surface area contributed by atoms with E-state index >= 15 is 0 Å². The second-order valence-electron chi connectivity index (χ2n) is 5.00. The van der Waals surface area contributed by atoms with Crippen molar-refractivity contribution in [2.24, 2.45) is 5.41 Å². The molecule has 0 saturated heterocycles. The number of rotatable bonds is 1. The molecule has 0 saturated carbocycles. The molecule has 16 heavy (non-hydrogen) atoms. The van der Waals surface area contributed by atoms with Gasteiger partial charge in [-0.2, -0.15) is 0 Å². The van der Waals surface area contributed by atoms with Crippen molar-refractivity contribution in [1.29, 1.82) is 0 Å². The lowest BCUT2D eigenvalue weighted by Gasteiger charge is -2.34. The largest absolute Gasteiger partial charge is 0.388 e. The van der Waals surface area contributed by atoms with E-state index in [4.69, 9.17) is 0 Å². The lowest BCUT2D eigenvalue weighted by atomic mass is 9.73. The summed E-state index contributed by atoms with van der Waals surface area (Å²) in [5.74, 6) is 0. The highest BCUT2D eigenvalue weighted by Crippen LogP contribution is 2.40. The van der Waals surface area contributed by atoms with Crippen molar-refractivity contribution in [3.8, 4) is 0 Å². The first-order valence-corrected chi connectivity index (χ1v) is 5.66. The molecular weight excluding hydrogens is 196 g/mol. The molecule has 1 aromatic rings. The molecule has 1 heteroatoms. The molecule has 1 aromatic carbocycles. The molecular formula is C15H18O. The summed E-state index contributed by atoms with van der Waals surface area (Å²) in [4.78, 5) is 0. The highest BCUT2D eigenvalue weighted by Gasteiger charge is 2.32. The number of hydrogen-bond acceptors (Lipinski definition) is 1. The highest BCUT2D eigenvalue weighted by molar-refractivity contribution is 5.73. The average molecular weight is 214 g/mol. The first-order valence-electron chi connectivity index (χ1n) is 5.66. The predicted octanol–water partition coefficient (Wildman–Crippen LogP) is 3.34. The molecule has 1 N–H and O–H groups in total. The van der Waals surface area contributed by atoms with Gasteiger partial charge in [-0.25, -0.2) is 0 Å². The summed E-state index contributed by atoms with van der Waals surface area (Å²) in [6.45, 7) is 6.25. The van der Waals surface area contributed by atoms with Gasteiger partial charge in [-0.1, -0.05) is 61.9 Å². The van der Waals surface area contributed by atoms with E-state index in [1.165, 1.54) is 16.7 Å². The van der Waals surface area contributed by atoms with E-state index in [9.17, 15) is 5.11 Å². The van der Waals surface area contributed by atoms with Crippen molar-refractivity contribution < 1.29 is 5.11 Å². The van der Waals surface area contributed by atoms with Gasteiger partial charge in [0.25, 0.3) is 0 Å². The number of aliphatic hydroxyl groups excluding tert-OH is 1. The Morgan fingerprint density at radius 1 is 1.25 bits per heavy atom. The Balaban J connectivity index is 2.48. The Labute approximate surface area is 97.1 Å². The summed E-state index contributed by atoms with van der Waals surface area (Å²) in [5, 5.41) is 10.0. The van der Waals surface area contributed by atoms with Crippen LogP contribution in [0.3, 0.4) is 0 Å². The minimum Gasteiger partial charge on any atom is -0.388 e. The number of benzene rings is 1. The molecule has 1 aliphatic carbocycles. The normalized spacial score (nSPS) is 23.0. The fourth-order valence-corrected chi connectivity index (χ4v) is 2.15. The van der Waals surface area contributed by atoms with Crippen LogP contribution >= 0.6 is 0 Å². The van der Waals surface area contributed by atoms with Crippen molar-refractivity contribution >= 4 is 5.57 Å². The van der Waals surface area contributed by atoms with Gasteiger partial charge in [0, 0.05) is 5.41 Å². The van der Waals surface area contributed by atoms with E-state index in [1.54, 1.807) is 0 Å². The third-order valence-corrected chi connectivity index (χ3v) is 3.32. The predicted molar refractivity (Wildman–Crippen MR) is 68.1 cm³/mol. The molecule has 1 unspecified atom stereocenters. The van der Waals surface area contributed by atoms with Gasteiger partial charge >= 0.3 is 0 Å². The lowest BCUT2D eigenvalue weighted by Crippen LogP contribution is -2.30. The van der Waals surface area contributed by atoms with Gasteiger partial charge in [-0.15, -0.1) is 0 Å². The molecule has 0 amide bonds. The van der Waals surface area contributed by atoms with E-state index in [0.29, 0.717) is 0 Å². The van der Waals surface area contributed by atoms with Crippen molar-refractivity contribution in [3.63, 3.8) is 0 Å². The van der Waals surface area contributed by atoms with Gasteiger partial charge in [0.2, 0.25) is 0 Å². The fraction of sp³-hybridized carbons (Fsp3) is 0.333. The zero-order chi connectivity index (χ0) is 11.8. The Morgan fingerprint density at radius 2 is 2.00 bits per heavy atom. The molecule has 0 heterocycles. The Bertz CT molecular complexity index is 452. The Morgan fingerprint density at radius 3 is 2.69 bits per heavy atom. The van der Waals surface area contributed by atoms with E-state index in [1.807, 2.05) is 12.2 Å². The monoisotopic (exact) mass is 214 g/mol. The van der Waals surface area contributed by atoms with Crippen LogP contribution < -0.4 is 0 Å². The van der Waals surface area contributed by atoms with Crippen LogP contribution in [0.15, 0.2) is 42.5 Å². The quantitative estimate of drug-likeness (QED) is 0.760. The van der Waals surface area contributed by atoms with Gasteiger partial charge in [-0.3, -0.25) is 0 Å². The molecule has 0 fully saturated rings. The van der Waals surface area contributed by atoms with Crippen LogP contribution in [0.25, 0.3) is 5.57 Å². The summed E-state index contributed by atoms with van der Waals surface area (Å²) in [5.41, 5.74) is 3.43. The van der Waals surface area contributed by atoms with Crippen LogP contribution in [-0.2, 0) is 0 Å². The summed E-state index contributed by atoms with van der Waals surface area (Å²) >= 11 is 0. The maximum atomic E-state index is 10.0. The number of allylic oxidation sites excluding steroid dienone is 2. The molecule has 2 rings (SSSR count). The van der Waals surface area contributed by atoms with Crippen molar-refractivity contribution in [2.75, 3.05) is 0 Å². The maximum Gasteiger partial charge on any atom is 0.0815 e. The van der Waals surface area contributed by atoms with E-state index < -0.39 is 6.10 Å². The zero-order valence-electron chi connectivity index (χ0n) is 10.1. The number of aliphatic hydroxyl groups is 1. The van der Waals surface area contributed by atoms with Crippen LogP contribution in [0, 0.1) is 12.3 Å². The molecule has 0 radical (unpaired) electrons. The summed E-state index contributed by atoms with van der Waals surface area (Å²) in [6, 6.07) is 8.42. The third-order valence-electron chi connectivity index (χ3n) is 3.32. The van der Waals surface area contributed by atoms with Crippen LogP contribution in [0.1, 0.15) is 25.0 Å². The first kappa shape index (κ1) is 11.2. The smallest absolute Gasteiger partial charge is 0.0815 e. The van der Waals surface area contributed by atoms with E-state index in [-0.39, 0.29) is 5.41 Å². The van der Waals surface area contributed by atoms with Crippen molar-refractivity contribution in [1.82, 2.24) is 0 Å². The Hall–Kier alpha value is -1.34. The van der Waals surface area contributed by atoms with Crippen LogP contribution in [0.2, 0.25) is 0 Å². The molecule has 0 spiro atoms. The summed E-state index contributed by atoms with van der Waals surface area (Å²) < 4.78 is 0. The van der Waals surface area contributed by atoms with Crippen molar-refractivity contribution in [2.45, 2.75) is 26.9 Å². The van der Waals surface area contributed by atoms with Gasteiger partial charge in [0.1, 0.15) is 0 Å². The highest BCUT2D eigenvalue weighted by atomic mass is 16.3. The SMILES string of the molecule is Cc1cccc(C2=CC=CC(O)C2(C)C)c1. The standard InChI is InChI=1S/C15H18O/c1-11-6-4-7-12(10-11)13-8-5-9-14(16)15(13,2)3/h4-10,14,16H,1-3H3. The van der Waals surface area contributed by atoms with Gasteiger partial charge < -0.3 is 5.11 Å². The van der Waals surface area contributed by atoms with Gasteiger partial charge in [-0.05, 0) is 18.1 Å². The first-order chi connectivity index (χ1) is 7.51. The van der Waals surface area contributed by atoms with Gasteiger partial charge in [0.05, 0.1) is 6.10 Å². The van der Waals surface area contributed by atoms with E-state index in [2.05, 4.69) is 51.1 Å². The maximum absolute atomic E-state index is 10.0. The third kappa shape index (κ3) is 1.83. The number of aryl methyl sites for hydroxylation is 1. The number of hydrogen-bond donors (Lipinski definition) is 1. The molecule has 1 nitrogen and oxygen atoms in total. The molecule has 1 atom stereocenters. The lowest BCUT2D eigenvalue weighted by molar-refractivity contribution is 0.131. The zero-order valence-corrected chi connectivity index (χ0v) is 10.1. The minimum atomic E-state index is -0.409. The molecule has 0 bridgehead atoms. The van der Waals surface area contributed by atoms with Crippen LogP contribution in [0.5, 0.6) is 0 Å². The average Bonchev–Trinajstić information content (AvgIpc) is 2.22. The topological polar surface area (TPSA) is 20.2 Å². The van der Waals surface area contributed by atoms with E-state index in [0.717, 1.165) is 0 Å². The summed E-state index contributed by atoms with van der Waals surface area (Å²) in [7, 11) is 0. The molecule has 0 aromatic heterocycles. The second kappa shape index (κ2) is 3.91. The molecule has 1 aliphatic rings. The Kier molecular flexibility index (Phi) is 2.73. The van der Waals surface area contributed by atoms with Crippen LogP contribution in [0.4, 0.5) is 0 Å². The van der Waals surface area contributed by atoms with Crippen molar-refractivity contribution in [3.05, 3.63) is 53.6 Å². The van der Waals surface area contributed by atoms with Gasteiger partial charge in [0.15, 0.2) is 0 Å². The summed E-state index contributed by atoms with van der Waals surface area (Å²) in [6.07, 6.45) is 5.47. The fourth-order valence-electron chi connectivity index (χ4n) is 2.15.